The molecule has 4 bridgehead atoms. The molecule has 2 N–H and O–H groups in total. The zero-order chi connectivity index (χ0) is 41.8. The summed E-state index contributed by atoms with van der Waals surface area (Å²) in [4.78, 5) is 27.8. The van der Waals surface area contributed by atoms with Crippen LogP contribution in [0, 0.1) is 68.0 Å². The van der Waals surface area contributed by atoms with Crippen molar-refractivity contribution >= 4 is 11.6 Å². The second kappa shape index (κ2) is 16.6. The van der Waals surface area contributed by atoms with Gasteiger partial charge in [0.1, 0.15) is 18.4 Å². The van der Waals surface area contributed by atoms with Gasteiger partial charge in [-0.3, -0.25) is 14.3 Å². The molecule has 0 aromatic carbocycles. The molecular weight excluding hydrogens is 723 g/mol. The average Bonchev–Trinajstić information content (AvgIpc) is 3.96. The molecule has 6 aliphatic carbocycles. The summed E-state index contributed by atoms with van der Waals surface area (Å²) in [6, 6.07) is 0. The van der Waals surface area contributed by atoms with Gasteiger partial charge in [0.25, 0.3) is 0 Å². The highest BCUT2D eigenvalue weighted by atomic mass is 16.7. The van der Waals surface area contributed by atoms with Crippen LogP contribution in [0.1, 0.15) is 132 Å². The molecule has 57 heavy (non-hydrogen) atoms. The Hall–Kier alpha value is -1.76. The van der Waals surface area contributed by atoms with Gasteiger partial charge in [-0.25, -0.2) is 0 Å². The van der Waals surface area contributed by atoms with Gasteiger partial charge < -0.3 is 29.2 Å². The van der Waals surface area contributed by atoms with Gasteiger partial charge in [-0.1, -0.05) is 60.6 Å². The molecule has 11 heteroatoms. The first-order valence-corrected chi connectivity index (χ1v) is 22.3. The lowest BCUT2D eigenvalue weighted by atomic mass is 9.44. The summed E-state index contributed by atoms with van der Waals surface area (Å²) in [7, 11) is 5.26. The van der Waals surface area contributed by atoms with Crippen LogP contribution in [-0.4, -0.2) is 95.9 Å². The highest BCUT2D eigenvalue weighted by molar-refractivity contribution is 5.88. The number of rotatable bonds is 10. The number of aromatic nitrogens is 3. The molecule has 6 aliphatic rings. The van der Waals surface area contributed by atoms with E-state index in [-0.39, 0.29) is 71.1 Å². The molecule has 0 saturated heterocycles. The number of carbonyl (C=O) groups excluding carboxylic acids is 2. The summed E-state index contributed by atoms with van der Waals surface area (Å²) in [6.07, 6.45) is 13.9. The fourth-order valence-corrected chi connectivity index (χ4v) is 14.8. The van der Waals surface area contributed by atoms with Crippen LogP contribution < -0.4 is 0 Å². The van der Waals surface area contributed by atoms with E-state index in [0.29, 0.717) is 61.5 Å². The number of carbonyl (C=O) groups is 2. The summed E-state index contributed by atoms with van der Waals surface area (Å²) in [5, 5.41) is 29.4. The summed E-state index contributed by atoms with van der Waals surface area (Å²) in [5.41, 5.74) is -1.57. The van der Waals surface area contributed by atoms with Gasteiger partial charge in [0.05, 0.1) is 30.6 Å². The van der Waals surface area contributed by atoms with E-state index in [1.807, 2.05) is 20.2 Å². The molecule has 6 saturated carbocycles. The fourth-order valence-electron chi connectivity index (χ4n) is 14.8. The fraction of sp³-hybridized carbons (Fsp3) is 0.913. The molecule has 0 radical (unpaired) electrons. The summed E-state index contributed by atoms with van der Waals surface area (Å²) >= 11 is 0. The maximum atomic E-state index is 13.9. The van der Waals surface area contributed by atoms with Crippen molar-refractivity contribution in [2.75, 3.05) is 34.7 Å². The minimum absolute atomic E-state index is 0.0206. The Balaban J connectivity index is 0.000000193. The van der Waals surface area contributed by atoms with E-state index < -0.39 is 16.9 Å². The van der Waals surface area contributed by atoms with Crippen LogP contribution in [0.15, 0.2) is 12.4 Å². The van der Waals surface area contributed by atoms with E-state index in [2.05, 4.69) is 58.8 Å². The van der Waals surface area contributed by atoms with E-state index in [1.54, 1.807) is 25.1 Å². The van der Waals surface area contributed by atoms with Crippen LogP contribution in [0.25, 0.3) is 0 Å². The standard InChI is InChI=1S/C23H37N3O3.C23H40O5/c1-15-6-8-23-9-7-17(29-5)19(23)22(15,4)18(27)14-21(3,20(28)16(23)2)10-12-26-13-11-24-25-26;1-15-7-9-23-10-8-17(27-6)19(23)22(15,4)18(28-14-26-5)13-21(3,11-12-24)20(25)16(23)2/h11,13,15-19,27H,6-10,12,14H2,1-5H3;15-19,24H,7-14H2,1-6H3/t2*15-,16+,17-,18-,19?,21-,22+,23?/m11/s1. The van der Waals surface area contributed by atoms with Crippen LogP contribution in [0.4, 0.5) is 0 Å². The van der Waals surface area contributed by atoms with Gasteiger partial charge in [0, 0.05) is 74.2 Å². The van der Waals surface area contributed by atoms with Gasteiger partial charge in [-0.15, -0.1) is 5.10 Å². The number of Topliss-reactive ketones (excluding diaryl/α,β-unsaturated/α-hetero) is 2. The normalized spacial score (nSPS) is 48.2. The second-order valence-electron chi connectivity index (χ2n) is 20.8. The third kappa shape index (κ3) is 7.02. The quantitative estimate of drug-likeness (QED) is 0.232. The molecule has 324 valence electrons. The van der Waals surface area contributed by atoms with E-state index in [4.69, 9.17) is 18.9 Å². The largest absolute Gasteiger partial charge is 0.396 e. The second-order valence-corrected chi connectivity index (χ2v) is 20.8. The molecule has 11 nitrogen and oxygen atoms in total. The Kier molecular flexibility index (Phi) is 13.0. The molecule has 16 atom stereocenters. The van der Waals surface area contributed by atoms with Crippen molar-refractivity contribution in [3.05, 3.63) is 12.4 Å². The van der Waals surface area contributed by atoms with Crippen molar-refractivity contribution in [1.82, 2.24) is 15.0 Å². The highest BCUT2D eigenvalue weighted by Gasteiger charge is 2.69. The topological polar surface area (TPSA) is 142 Å². The lowest BCUT2D eigenvalue weighted by Crippen LogP contribution is -2.63. The number of hydrogen-bond acceptors (Lipinski definition) is 10. The van der Waals surface area contributed by atoms with Crippen molar-refractivity contribution in [3.63, 3.8) is 0 Å². The SMILES string of the molecule is COCO[C@@H]1C[C@@](C)(CCO)C(=O)[C@H](C)C23CC[C@@H](C)[C@]1(C)C2[C@H](OC)CC3.CO[C@@H]1CCC23CC[C@@H](C)[C@](C)(C12)[C@H](O)C[C@@](C)(CCn1ccnn1)C(=O)[C@@H]3C. The predicted octanol–water partition coefficient (Wildman–Crippen LogP) is 7.31. The van der Waals surface area contributed by atoms with Crippen molar-refractivity contribution in [3.8, 4) is 0 Å². The molecule has 1 aromatic rings. The molecule has 6 fully saturated rings. The maximum Gasteiger partial charge on any atom is 0.146 e. The summed E-state index contributed by atoms with van der Waals surface area (Å²) in [5.74, 6) is 1.98. The Bertz CT molecular complexity index is 1560. The molecule has 1 heterocycles. The highest BCUT2D eigenvalue weighted by Crippen LogP contribution is 2.70. The van der Waals surface area contributed by atoms with Crippen LogP contribution >= 0.6 is 0 Å². The summed E-state index contributed by atoms with van der Waals surface area (Å²) in [6.45, 7) is 18.6. The molecule has 0 spiro atoms. The molecule has 4 unspecified atom stereocenters. The zero-order valence-corrected chi connectivity index (χ0v) is 37.2. The number of hydrogen-bond donors (Lipinski definition) is 2. The first-order chi connectivity index (χ1) is 26.9. The number of ether oxygens (including phenoxy) is 4. The van der Waals surface area contributed by atoms with Gasteiger partial charge in [-0.2, -0.15) is 0 Å². The summed E-state index contributed by atoms with van der Waals surface area (Å²) < 4.78 is 25.4. The zero-order valence-electron chi connectivity index (χ0n) is 37.2. The van der Waals surface area contributed by atoms with Crippen molar-refractivity contribution in [2.45, 2.75) is 163 Å². The van der Waals surface area contributed by atoms with Crippen LogP contribution in [0.2, 0.25) is 0 Å². The number of methoxy groups -OCH3 is 3. The number of ketones is 2. The van der Waals surface area contributed by atoms with E-state index in [1.165, 1.54) is 0 Å². The smallest absolute Gasteiger partial charge is 0.146 e. The van der Waals surface area contributed by atoms with Gasteiger partial charge in [0.15, 0.2) is 0 Å². The monoisotopic (exact) mass is 800 g/mol. The minimum Gasteiger partial charge on any atom is -0.396 e. The molecule has 0 amide bonds. The van der Waals surface area contributed by atoms with Crippen molar-refractivity contribution < 1.29 is 38.7 Å². The van der Waals surface area contributed by atoms with E-state index >= 15 is 0 Å². The Morgan fingerprint density at radius 3 is 1.75 bits per heavy atom. The maximum absolute atomic E-state index is 13.9. The van der Waals surface area contributed by atoms with E-state index in [9.17, 15) is 19.8 Å². The first kappa shape index (κ1) is 44.8. The lowest BCUT2D eigenvalue weighted by Gasteiger charge is -2.62. The Morgan fingerprint density at radius 2 is 1.26 bits per heavy atom. The van der Waals surface area contributed by atoms with Gasteiger partial charge in [0.2, 0.25) is 0 Å². The third-order valence-corrected chi connectivity index (χ3v) is 18.7. The first-order valence-electron chi connectivity index (χ1n) is 22.3. The minimum atomic E-state index is -0.575. The van der Waals surface area contributed by atoms with Crippen LogP contribution in [-0.2, 0) is 35.1 Å². The average molecular weight is 800 g/mol. The number of aryl methyl sites for hydroxylation is 1. The van der Waals surface area contributed by atoms with Crippen molar-refractivity contribution in [2.24, 2.45) is 68.0 Å². The molecule has 1 aromatic heterocycles. The van der Waals surface area contributed by atoms with Crippen molar-refractivity contribution in [1.29, 1.82) is 0 Å². The predicted molar refractivity (Wildman–Crippen MR) is 218 cm³/mol. The van der Waals surface area contributed by atoms with Gasteiger partial charge in [-0.05, 0) is 112 Å². The molecular formula is C46H77N3O8. The van der Waals surface area contributed by atoms with Crippen LogP contribution in [0.3, 0.4) is 0 Å². The lowest BCUT2D eigenvalue weighted by molar-refractivity contribution is -0.220. The third-order valence-electron chi connectivity index (χ3n) is 18.7. The molecule has 0 aliphatic heterocycles. The van der Waals surface area contributed by atoms with Gasteiger partial charge >= 0.3 is 0 Å². The number of nitrogens with zero attached hydrogens (tertiary/aromatic N) is 3. The molecule has 7 rings (SSSR count). The number of aliphatic hydroxyl groups is 2. The number of aliphatic hydroxyl groups excluding tert-OH is 2. The Morgan fingerprint density at radius 1 is 0.754 bits per heavy atom. The Labute approximate surface area is 343 Å². The van der Waals surface area contributed by atoms with Crippen LogP contribution in [0.5, 0.6) is 0 Å². The van der Waals surface area contributed by atoms with E-state index in [0.717, 1.165) is 51.4 Å².